The number of para-hydroxylation sites is 3. The van der Waals surface area contributed by atoms with Gasteiger partial charge < -0.3 is 10.2 Å². The average molecular weight is 449 g/mol. The Balaban J connectivity index is 1.42. The van der Waals surface area contributed by atoms with Crippen LogP contribution in [0.3, 0.4) is 0 Å². The predicted octanol–water partition coefficient (Wildman–Crippen LogP) is 5.01. The smallest absolute Gasteiger partial charge is 0.278 e. The molecule has 0 atom stereocenters. The van der Waals surface area contributed by atoms with Gasteiger partial charge in [-0.3, -0.25) is 9.78 Å². The summed E-state index contributed by atoms with van der Waals surface area (Å²) in [6.07, 6.45) is 1.74. The van der Waals surface area contributed by atoms with Crippen molar-refractivity contribution < 1.29 is 4.79 Å². The summed E-state index contributed by atoms with van der Waals surface area (Å²) in [6.45, 7) is 2.56. The van der Waals surface area contributed by atoms with Gasteiger partial charge in [-0.2, -0.15) is 0 Å². The van der Waals surface area contributed by atoms with Crippen LogP contribution >= 0.6 is 0 Å². The fourth-order valence-electron chi connectivity index (χ4n) is 4.06. The Bertz CT molecular complexity index is 1460. The average Bonchev–Trinajstić information content (AvgIpc) is 3.25. The summed E-state index contributed by atoms with van der Waals surface area (Å²) in [5, 5.41) is 12.5. The van der Waals surface area contributed by atoms with Gasteiger partial charge in [0.2, 0.25) is 0 Å². The molecule has 2 heterocycles. The SMILES string of the molecule is Cc1c(C(=O)Nc2ccccc2N(C)Cc2ccccc2)nnn1-c1cccc2cccnc12. The van der Waals surface area contributed by atoms with Crippen molar-refractivity contribution >= 4 is 28.2 Å². The number of aromatic nitrogens is 4. The van der Waals surface area contributed by atoms with Crippen molar-refractivity contribution in [2.24, 2.45) is 0 Å². The van der Waals surface area contributed by atoms with E-state index in [1.165, 1.54) is 5.56 Å². The minimum absolute atomic E-state index is 0.272. The lowest BCUT2D eigenvalue weighted by Gasteiger charge is -2.22. The van der Waals surface area contributed by atoms with E-state index < -0.39 is 0 Å². The molecule has 1 amide bonds. The van der Waals surface area contributed by atoms with E-state index in [0.717, 1.165) is 28.8 Å². The highest BCUT2D eigenvalue weighted by Crippen LogP contribution is 2.27. The molecule has 5 rings (SSSR count). The lowest BCUT2D eigenvalue weighted by atomic mass is 10.2. The highest BCUT2D eigenvalue weighted by atomic mass is 16.2. The van der Waals surface area contributed by atoms with E-state index in [1.54, 1.807) is 10.9 Å². The van der Waals surface area contributed by atoms with Crippen molar-refractivity contribution in [1.82, 2.24) is 20.0 Å². The Labute approximate surface area is 197 Å². The molecule has 7 nitrogen and oxygen atoms in total. The van der Waals surface area contributed by atoms with Gasteiger partial charge in [-0.1, -0.05) is 65.9 Å². The molecule has 0 spiro atoms. The minimum atomic E-state index is -0.308. The fraction of sp³-hybridized carbons (Fsp3) is 0.111. The number of carbonyl (C=O) groups is 1. The summed E-state index contributed by atoms with van der Waals surface area (Å²) in [5.41, 5.74) is 5.32. The number of amides is 1. The molecule has 2 aromatic heterocycles. The second kappa shape index (κ2) is 9.15. The molecule has 34 heavy (non-hydrogen) atoms. The molecule has 0 fully saturated rings. The van der Waals surface area contributed by atoms with Gasteiger partial charge in [0, 0.05) is 25.2 Å². The van der Waals surface area contributed by atoms with Gasteiger partial charge in [0.05, 0.1) is 28.3 Å². The van der Waals surface area contributed by atoms with E-state index in [4.69, 9.17) is 0 Å². The maximum Gasteiger partial charge on any atom is 0.278 e. The summed E-state index contributed by atoms with van der Waals surface area (Å²) >= 11 is 0. The lowest BCUT2D eigenvalue weighted by Crippen LogP contribution is -2.20. The molecule has 0 aliphatic rings. The molecule has 0 saturated heterocycles. The molecule has 0 unspecified atom stereocenters. The van der Waals surface area contributed by atoms with E-state index in [-0.39, 0.29) is 11.6 Å². The summed E-state index contributed by atoms with van der Waals surface area (Å²) in [4.78, 5) is 19.8. The van der Waals surface area contributed by atoms with Crippen LogP contribution in [-0.2, 0) is 6.54 Å². The highest BCUT2D eigenvalue weighted by molar-refractivity contribution is 6.05. The molecule has 5 aromatic rings. The summed E-state index contributed by atoms with van der Waals surface area (Å²) in [6, 6.07) is 27.7. The first-order valence-corrected chi connectivity index (χ1v) is 11.0. The summed E-state index contributed by atoms with van der Waals surface area (Å²) in [7, 11) is 2.01. The Morgan fingerprint density at radius 2 is 1.71 bits per heavy atom. The molecule has 3 aromatic carbocycles. The van der Waals surface area contributed by atoms with Crippen molar-refractivity contribution in [3.05, 3.63) is 108 Å². The maximum absolute atomic E-state index is 13.2. The van der Waals surface area contributed by atoms with Crippen LogP contribution in [0.25, 0.3) is 16.6 Å². The van der Waals surface area contributed by atoms with Gasteiger partial charge in [-0.05, 0) is 36.8 Å². The fourth-order valence-corrected chi connectivity index (χ4v) is 4.06. The number of nitrogens with zero attached hydrogens (tertiary/aromatic N) is 5. The minimum Gasteiger partial charge on any atom is -0.369 e. The molecular formula is C27H24N6O. The van der Waals surface area contributed by atoms with Gasteiger partial charge in [0.15, 0.2) is 5.69 Å². The second-order valence-electron chi connectivity index (χ2n) is 8.10. The van der Waals surface area contributed by atoms with Crippen LogP contribution in [0.2, 0.25) is 0 Å². The zero-order valence-corrected chi connectivity index (χ0v) is 19.0. The van der Waals surface area contributed by atoms with Gasteiger partial charge in [-0.25, -0.2) is 4.68 Å². The van der Waals surface area contributed by atoms with Crippen molar-refractivity contribution in [1.29, 1.82) is 0 Å². The molecule has 0 bridgehead atoms. The predicted molar refractivity (Wildman–Crippen MR) is 134 cm³/mol. The number of pyridine rings is 1. The van der Waals surface area contributed by atoms with Crippen molar-refractivity contribution in [2.45, 2.75) is 13.5 Å². The number of rotatable bonds is 6. The van der Waals surface area contributed by atoms with Crippen molar-refractivity contribution in [2.75, 3.05) is 17.3 Å². The standard InChI is InChI=1S/C27H24N6O/c1-19-25(30-31-33(19)24-16-8-12-21-13-9-17-28-26(21)24)27(34)29-22-14-6-7-15-23(22)32(2)18-20-10-4-3-5-11-20/h3-17H,18H2,1-2H3,(H,29,34). The molecule has 168 valence electrons. The van der Waals surface area contributed by atoms with E-state index in [0.29, 0.717) is 11.4 Å². The monoisotopic (exact) mass is 448 g/mol. The van der Waals surface area contributed by atoms with Crippen LogP contribution in [0.5, 0.6) is 0 Å². The first-order chi connectivity index (χ1) is 16.6. The number of hydrogen-bond donors (Lipinski definition) is 1. The van der Waals surface area contributed by atoms with Crippen LogP contribution in [0.15, 0.2) is 91.1 Å². The number of anilines is 2. The summed E-state index contributed by atoms with van der Waals surface area (Å²) < 4.78 is 1.66. The van der Waals surface area contributed by atoms with Crippen LogP contribution < -0.4 is 10.2 Å². The van der Waals surface area contributed by atoms with Crippen molar-refractivity contribution in [3.63, 3.8) is 0 Å². The first-order valence-electron chi connectivity index (χ1n) is 11.0. The third-order valence-corrected chi connectivity index (χ3v) is 5.78. The van der Waals surface area contributed by atoms with Gasteiger partial charge in [-0.15, -0.1) is 5.10 Å². The van der Waals surface area contributed by atoms with Gasteiger partial charge in [0.25, 0.3) is 5.91 Å². The maximum atomic E-state index is 13.2. The molecule has 0 saturated carbocycles. The van der Waals surface area contributed by atoms with Crippen LogP contribution in [0.1, 0.15) is 21.7 Å². The Kier molecular flexibility index (Phi) is 5.74. The van der Waals surface area contributed by atoms with Crippen LogP contribution in [0, 0.1) is 6.92 Å². The van der Waals surface area contributed by atoms with E-state index in [1.807, 2.05) is 86.8 Å². The van der Waals surface area contributed by atoms with Crippen LogP contribution in [-0.4, -0.2) is 32.9 Å². The third kappa shape index (κ3) is 4.11. The van der Waals surface area contributed by atoms with Crippen molar-refractivity contribution in [3.8, 4) is 5.69 Å². The topological polar surface area (TPSA) is 75.9 Å². The number of carbonyl (C=O) groups excluding carboxylic acids is 1. The molecule has 0 radical (unpaired) electrons. The normalized spacial score (nSPS) is 10.9. The molecule has 1 N–H and O–H groups in total. The Morgan fingerprint density at radius 3 is 2.56 bits per heavy atom. The van der Waals surface area contributed by atoms with E-state index >= 15 is 0 Å². The second-order valence-corrected chi connectivity index (χ2v) is 8.10. The molecule has 0 aliphatic heterocycles. The quantitative estimate of drug-likeness (QED) is 0.395. The number of hydrogen-bond acceptors (Lipinski definition) is 5. The Morgan fingerprint density at radius 1 is 0.941 bits per heavy atom. The number of benzene rings is 3. The lowest BCUT2D eigenvalue weighted by molar-refractivity contribution is 0.102. The third-order valence-electron chi connectivity index (χ3n) is 5.78. The molecule has 0 aliphatic carbocycles. The summed E-state index contributed by atoms with van der Waals surface area (Å²) in [5.74, 6) is -0.308. The largest absolute Gasteiger partial charge is 0.369 e. The van der Waals surface area contributed by atoms with E-state index in [9.17, 15) is 4.79 Å². The number of nitrogens with one attached hydrogen (secondary N) is 1. The molecule has 7 heteroatoms. The highest BCUT2D eigenvalue weighted by Gasteiger charge is 2.20. The Hall–Kier alpha value is -4.52. The van der Waals surface area contributed by atoms with Gasteiger partial charge in [0.1, 0.15) is 0 Å². The van der Waals surface area contributed by atoms with Crippen LogP contribution in [0.4, 0.5) is 11.4 Å². The number of fused-ring (bicyclic) bond motifs is 1. The van der Waals surface area contributed by atoms with Gasteiger partial charge >= 0.3 is 0 Å². The zero-order chi connectivity index (χ0) is 23.5. The van der Waals surface area contributed by atoms with E-state index in [2.05, 4.69) is 37.6 Å². The zero-order valence-electron chi connectivity index (χ0n) is 19.0. The first kappa shape index (κ1) is 21.3. The molecular weight excluding hydrogens is 424 g/mol.